The smallest absolute Gasteiger partial charge is 0.241 e. The molecule has 0 spiro atoms. The Labute approximate surface area is 193 Å². The number of fused-ring (bicyclic) bond motifs is 2. The van der Waals surface area contributed by atoms with E-state index in [9.17, 15) is 0 Å². The van der Waals surface area contributed by atoms with Gasteiger partial charge in [0.1, 0.15) is 0 Å². The molecule has 2 aliphatic rings. The second-order valence-electron chi connectivity index (χ2n) is 9.40. The molecule has 33 heavy (non-hydrogen) atoms. The van der Waals surface area contributed by atoms with Crippen molar-refractivity contribution in [3.63, 3.8) is 0 Å². The fourth-order valence-corrected chi connectivity index (χ4v) is 5.28. The molecule has 8 nitrogen and oxygen atoms in total. The van der Waals surface area contributed by atoms with Crippen LogP contribution in [0.1, 0.15) is 25.7 Å². The van der Waals surface area contributed by atoms with E-state index < -0.39 is 0 Å². The molecule has 6 rings (SSSR count). The summed E-state index contributed by atoms with van der Waals surface area (Å²) in [4.78, 5) is 18.6. The van der Waals surface area contributed by atoms with Crippen molar-refractivity contribution >= 4 is 22.5 Å². The summed E-state index contributed by atoms with van der Waals surface area (Å²) in [5, 5.41) is 9.36. The van der Waals surface area contributed by atoms with Crippen molar-refractivity contribution in [2.75, 3.05) is 38.5 Å². The van der Waals surface area contributed by atoms with Crippen molar-refractivity contribution in [1.82, 2.24) is 34.4 Å². The monoisotopic (exact) mass is 442 g/mol. The second kappa shape index (κ2) is 8.68. The van der Waals surface area contributed by atoms with Crippen molar-refractivity contribution in [3.8, 4) is 11.1 Å². The van der Waals surface area contributed by atoms with E-state index in [-0.39, 0.29) is 0 Å². The molecule has 0 radical (unpaired) electrons. The first-order chi connectivity index (χ1) is 16.2. The molecule has 5 heterocycles. The highest BCUT2D eigenvalue weighted by Crippen LogP contribution is 2.28. The van der Waals surface area contributed by atoms with Crippen LogP contribution in [0.2, 0.25) is 0 Å². The van der Waals surface area contributed by atoms with Gasteiger partial charge in [0.2, 0.25) is 5.95 Å². The molecule has 170 valence electrons. The first-order valence-corrected chi connectivity index (χ1v) is 12.0. The topological polar surface area (TPSA) is 74.5 Å². The van der Waals surface area contributed by atoms with Crippen LogP contribution in [0.3, 0.4) is 0 Å². The van der Waals surface area contributed by atoms with E-state index >= 15 is 0 Å². The first kappa shape index (κ1) is 20.5. The zero-order chi connectivity index (χ0) is 22.2. The van der Waals surface area contributed by atoms with E-state index in [1.807, 2.05) is 35.2 Å². The predicted molar refractivity (Wildman–Crippen MR) is 130 cm³/mol. The molecule has 0 bridgehead atoms. The highest BCUT2D eigenvalue weighted by molar-refractivity contribution is 5.86. The highest BCUT2D eigenvalue weighted by Gasteiger charge is 2.28. The van der Waals surface area contributed by atoms with Gasteiger partial charge in [0, 0.05) is 73.4 Å². The maximum atomic E-state index is 4.74. The van der Waals surface area contributed by atoms with Gasteiger partial charge in [-0.1, -0.05) is 0 Å². The Bertz CT molecular complexity index is 1250. The number of nitrogens with zero attached hydrogens (tertiary/aromatic N) is 7. The molecule has 0 atom stereocenters. The van der Waals surface area contributed by atoms with Gasteiger partial charge in [-0.05, 0) is 57.0 Å². The minimum atomic E-state index is 0.443. The summed E-state index contributed by atoms with van der Waals surface area (Å²) in [6.45, 7) is 4.80. The Balaban J connectivity index is 1.13. The van der Waals surface area contributed by atoms with Gasteiger partial charge in [0.05, 0.1) is 11.7 Å². The SMILES string of the molecule is CN1CCN([C@H]2CC[C@H](Nc3ncc4c(-c5cnc6ncccc6c5)ccn4n3)CC2)CC1. The number of rotatable bonds is 4. The minimum Gasteiger partial charge on any atom is -0.350 e. The zero-order valence-electron chi connectivity index (χ0n) is 19.1. The van der Waals surface area contributed by atoms with E-state index in [2.05, 4.69) is 49.2 Å². The molecule has 1 aliphatic heterocycles. The summed E-state index contributed by atoms with van der Waals surface area (Å²) in [6, 6.07) is 9.35. The summed E-state index contributed by atoms with van der Waals surface area (Å²) < 4.78 is 1.91. The zero-order valence-corrected chi connectivity index (χ0v) is 19.1. The molecule has 0 aromatic carbocycles. The summed E-state index contributed by atoms with van der Waals surface area (Å²) in [5.74, 6) is 0.702. The Morgan fingerprint density at radius 3 is 2.64 bits per heavy atom. The molecular formula is C25H30N8. The lowest BCUT2D eigenvalue weighted by molar-refractivity contribution is 0.0893. The third-order valence-electron chi connectivity index (χ3n) is 7.27. The summed E-state index contributed by atoms with van der Waals surface area (Å²) in [6.07, 6.45) is 12.4. The Hall–Kier alpha value is -3.10. The Kier molecular flexibility index (Phi) is 5.39. The largest absolute Gasteiger partial charge is 0.350 e. The van der Waals surface area contributed by atoms with Crippen LogP contribution in [0.5, 0.6) is 0 Å². The lowest BCUT2D eigenvalue weighted by Crippen LogP contribution is -2.50. The molecule has 0 unspecified atom stereocenters. The third kappa shape index (κ3) is 4.16. The lowest BCUT2D eigenvalue weighted by Gasteiger charge is -2.41. The van der Waals surface area contributed by atoms with Gasteiger partial charge in [-0.2, -0.15) is 0 Å². The third-order valence-corrected chi connectivity index (χ3v) is 7.27. The average molecular weight is 443 g/mol. The van der Waals surface area contributed by atoms with Gasteiger partial charge in [-0.25, -0.2) is 19.5 Å². The lowest BCUT2D eigenvalue weighted by atomic mass is 9.90. The van der Waals surface area contributed by atoms with Crippen molar-refractivity contribution in [2.45, 2.75) is 37.8 Å². The number of likely N-dealkylation sites (N-methyl/N-ethyl adjacent to an activating group) is 1. The molecule has 8 heteroatoms. The quantitative estimate of drug-likeness (QED) is 0.520. The van der Waals surface area contributed by atoms with Crippen molar-refractivity contribution < 1.29 is 0 Å². The molecule has 1 N–H and O–H groups in total. The maximum Gasteiger partial charge on any atom is 0.241 e. The molecule has 1 aliphatic carbocycles. The van der Waals surface area contributed by atoms with E-state index in [1.54, 1.807) is 6.20 Å². The number of anilines is 1. The molecule has 0 amide bonds. The molecule has 2 fully saturated rings. The number of hydrogen-bond donors (Lipinski definition) is 1. The van der Waals surface area contributed by atoms with Gasteiger partial charge in [-0.15, -0.1) is 5.10 Å². The van der Waals surface area contributed by atoms with Crippen LogP contribution in [-0.4, -0.2) is 79.7 Å². The van der Waals surface area contributed by atoms with Crippen LogP contribution in [0, 0.1) is 0 Å². The van der Waals surface area contributed by atoms with Gasteiger partial charge < -0.3 is 10.2 Å². The van der Waals surface area contributed by atoms with Crippen LogP contribution in [0.15, 0.2) is 49.1 Å². The fraction of sp³-hybridized carbons (Fsp3) is 0.440. The number of nitrogens with one attached hydrogen (secondary N) is 1. The van der Waals surface area contributed by atoms with Gasteiger partial charge in [0.25, 0.3) is 0 Å². The van der Waals surface area contributed by atoms with E-state index in [0.717, 1.165) is 33.7 Å². The number of piperazine rings is 1. The van der Waals surface area contributed by atoms with Crippen LogP contribution in [-0.2, 0) is 0 Å². The van der Waals surface area contributed by atoms with Crippen LogP contribution in [0.25, 0.3) is 27.7 Å². The van der Waals surface area contributed by atoms with Gasteiger partial charge in [0.15, 0.2) is 5.65 Å². The van der Waals surface area contributed by atoms with Gasteiger partial charge in [-0.3, -0.25) is 4.90 Å². The molecule has 1 saturated carbocycles. The van der Waals surface area contributed by atoms with Crippen molar-refractivity contribution in [3.05, 3.63) is 49.1 Å². The Morgan fingerprint density at radius 2 is 1.79 bits per heavy atom. The second-order valence-corrected chi connectivity index (χ2v) is 9.40. The first-order valence-electron chi connectivity index (χ1n) is 12.0. The molecule has 1 saturated heterocycles. The molecule has 4 aromatic rings. The Morgan fingerprint density at radius 1 is 0.939 bits per heavy atom. The summed E-state index contributed by atoms with van der Waals surface area (Å²) in [7, 11) is 2.22. The van der Waals surface area contributed by atoms with Crippen molar-refractivity contribution in [2.24, 2.45) is 0 Å². The summed E-state index contributed by atoms with van der Waals surface area (Å²) >= 11 is 0. The minimum absolute atomic E-state index is 0.443. The number of hydrogen-bond acceptors (Lipinski definition) is 7. The van der Waals surface area contributed by atoms with Crippen molar-refractivity contribution in [1.29, 1.82) is 0 Å². The average Bonchev–Trinajstić information content (AvgIpc) is 3.28. The van der Waals surface area contributed by atoms with Crippen LogP contribution in [0.4, 0.5) is 5.95 Å². The predicted octanol–water partition coefficient (Wildman–Crippen LogP) is 3.31. The number of pyridine rings is 2. The van der Waals surface area contributed by atoms with E-state index in [0.29, 0.717) is 12.0 Å². The summed E-state index contributed by atoms with van der Waals surface area (Å²) in [5.41, 5.74) is 3.86. The van der Waals surface area contributed by atoms with E-state index in [1.165, 1.54) is 51.9 Å². The van der Waals surface area contributed by atoms with Crippen LogP contribution < -0.4 is 5.32 Å². The standard InChI is InChI=1S/C25H30N8/c1-31-11-13-32(14-12-31)21-6-4-20(5-7-21)29-25-28-17-23-22(8-10-33(23)30-25)19-15-18-3-2-9-26-24(18)27-16-19/h2-3,8-10,15-17,20-21H,4-7,11-14H2,1H3,(H,29,30)/t20-,21-. The highest BCUT2D eigenvalue weighted by atomic mass is 15.3. The van der Waals surface area contributed by atoms with Crippen LogP contribution >= 0.6 is 0 Å². The molecular weight excluding hydrogens is 412 g/mol. The maximum absolute atomic E-state index is 4.74. The fourth-order valence-electron chi connectivity index (χ4n) is 5.28. The molecule has 4 aromatic heterocycles. The number of aromatic nitrogens is 5. The normalized spacial score (nSPS) is 22.7. The van der Waals surface area contributed by atoms with Gasteiger partial charge >= 0.3 is 0 Å². The van der Waals surface area contributed by atoms with E-state index in [4.69, 9.17) is 5.10 Å².